The normalized spacial score (nSPS) is 12.3. The number of Topliss-reactive ketones (excluding diaryl/α,β-unsaturated/α-hetero) is 1. The third-order valence-electron chi connectivity index (χ3n) is 4.85. The van der Waals surface area contributed by atoms with E-state index >= 15 is 0 Å². The van der Waals surface area contributed by atoms with Crippen molar-refractivity contribution in [3.63, 3.8) is 0 Å². The molecule has 9 heteroatoms. The van der Waals surface area contributed by atoms with E-state index in [9.17, 15) is 27.6 Å². The van der Waals surface area contributed by atoms with Crippen LogP contribution in [0.15, 0.2) is 34.7 Å². The summed E-state index contributed by atoms with van der Waals surface area (Å²) in [6.07, 6.45) is -3.62. The standard InChI is InChI=1S/C23H26F3NO5/c1-4-31-22(30)13-19(28)14(2)27-21(29)7-5-6-17-12-20(32-15(17)3)16-8-10-18(11-9-16)23(24,25)26/h8-12,14H,4-7,13H2,1-3H3,(H,27,29). The minimum atomic E-state index is -4.40. The molecule has 0 radical (unpaired) electrons. The lowest BCUT2D eigenvalue weighted by Gasteiger charge is -2.12. The number of ether oxygens (including phenoxy) is 1. The lowest BCUT2D eigenvalue weighted by molar-refractivity contribution is -0.146. The Morgan fingerprint density at radius 1 is 1.16 bits per heavy atom. The molecule has 0 aliphatic heterocycles. The van der Waals surface area contributed by atoms with Crippen molar-refractivity contribution >= 4 is 17.7 Å². The number of amides is 1. The molecule has 0 fully saturated rings. The van der Waals surface area contributed by atoms with Gasteiger partial charge in [-0.3, -0.25) is 14.4 Å². The van der Waals surface area contributed by atoms with Crippen LogP contribution in [-0.2, 0) is 31.7 Å². The number of ketones is 1. The van der Waals surface area contributed by atoms with Crippen LogP contribution in [0.1, 0.15) is 50.0 Å². The van der Waals surface area contributed by atoms with Crippen molar-refractivity contribution in [2.24, 2.45) is 0 Å². The van der Waals surface area contributed by atoms with E-state index in [4.69, 9.17) is 9.15 Å². The minimum Gasteiger partial charge on any atom is -0.466 e. The molecule has 0 saturated carbocycles. The molecule has 1 amide bonds. The highest BCUT2D eigenvalue weighted by molar-refractivity contribution is 5.99. The SMILES string of the molecule is CCOC(=O)CC(=O)C(C)NC(=O)CCCc1cc(-c2ccc(C(F)(F)F)cc2)oc1C. The molecule has 2 rings (SSSR count). The van der Waals surface area contributed by atoms with Crippen LogP contribution in [0.4, 0.5) is 13.2 Å². The van der Waals surface area contributed by atoms with Crippen LogP contribution >= 0.6 is 0 Å². The molecule has 0 bridgehead atoms. The van der Waals surface area contributed by atoms with Crippen molar-refractivity contribution in [3.8, 4) is 11.3 Å². The first-order valence-corrected chi connectivity index (χ1v) is 10.3. The van der Waals surface area contributed by atoms with Crippen LogP contribution < -0.4 is 5.32 Å². The molecule has 1 unspecified atom stereocenters. The summed E-state index contributed by atoms with van der Waals surface area (Å²) < 4.78 is 48.5. The molecule has 32 heavy (non-hydrogen) atoms. The number of benzene rings is 1. The van der Waals surface area contributed by atoms with Crippen molar-refractivity contribution < 1.29 is 36.7 Å². The molecule has 1 aromatic heterocycles. The van der Waals surface area contributed by atoms with Crippen LogP contribution in [0.2, 0.25) is 0 Å². The fraction of sp³-hybridized carbons (Fsp3) is 0.435. The average molecular weight is 453 g/mol. The van der Waals surface area contributed by atoms with Crippen LogP contribution in [0.3, 0.4) is 0 Å². The molecule has 1 N–H and O–H groups in total. The lowest BCUT2D eigenvalue weighted by Crippen LogP contribution is -2.39. The van der Waals surface area contributed by atoms with Crippen LogP contribution in [0, 0.1) is 6.92 Å². The number of furan rings is 1. The molecule has 1 heterocycles. The summed E-state index contributed by atoms with van der Waals surface area (Å²) in [7, 11) is 0. The Bertz CT molecular complexity index is 948. The molecule has 1 atom stereocenters. The largest absolute Gasteiger partial charge is 0.466 e. The number of alkyl halides is 3. The summed E-state index contributed by atoms with van der Waals surface area (Å²) in [5, 5.41) is 2.56. The smallest absolute Gasteiger partial charge is 0.416 e. The number of carbonyl (C=O) groups excluding carboxylic acids is 3. The predicted molar refractivity (Wildman–Crippen MR) is 111 cm³/mol. The fourth-order valence-corrected chi connectivity index (χ4v) is 3.07. The van der Waals surface area contributed by atoms with Crippen molar-refractivity contribution in [3.05, 3.63) is 47.2 Å². The van der Waals surface area contributed by atoms with E-state index in [1.54, 1.807) is 19.9 Å². The summed E-state index contributed by atoms with van der Waals surface area (Å²) in [6.45, 7) is 5.08. The molecule has 0 aliphatic rings. The van der Waals surface area contributed by atoms with E-state index in [2.05, 4.69) is 5.32 Å². The van der Waals surface area contributed by atoms with Crippen molar-refractivity contribution in [1.82, 2.24) is 5.32 Å². The molecule has 0 spiro atoms. The zero-order chi connectivity index (χ0) is 23.9. The summed E-state index contributed by atoms with van der Waals surface area (Å²) in [5.41, 5.74) is 0.642. The van der Waals surface area contributed by atoms with Gasteiger partial charge < -0.3 is 14.5 Å². The molecule has 1 aromatic carbocycles. The zero-order valence-electron chi connectivity index (χ0n) is 18.2. The minimum absolute atomic E-state index is 0.164. The van der Waals surface area contributed by atoms with Crippen molar-refractivity contribution in [2.45, 2.75) is 58.7 Å². The average Bonchev–Trinajstić information content (AvgIpc) is 3.08. The Hall–Kier alpha value is -3.10. The van der Waals surface area contributed by atoms with Gasteiger partial charge in [0, 0.05) is 12.0 Å². The number of rotatable bonds is 10. The second-order valence-corrected chi connectivity index (χ2v) is 7.36. The maximum Gasteiger partial charge on any atom is 0.416 e. The van der Waals surface area contributed by atoms with Crippen molar-refractivity contribution in [1.29, 1.82) is 0 Å². The number of carbonyl (C=O) groups is 3. The van der Waals surface area contributed by atoms with Crippen LogP contribution in [0.5, 0.6) is 0 Å². The zero-order valence-corrected chi connectivity index (χ0v) is 18.2. The van der Waals surface area contributed by atoms with Gasteiger partial charge in [-0.05, 0) is 57.4 Å². The molecular formula is C23H26F3NO5. The maximum absolute atomic E-state index is 12.7. The number of hydrogen-bond acceptors (Lipinski definition) is 5. The number of hydrogen-bond donors (Lipinski definition) is 1. The molecule has 2 aromatic rings. The van der Waals surface area contributed by atoms with Gasteiger partial charge in [0.1, 0.15) is 17.9 Å². The second kappa shape index (κ2) is 11.0. The Labute approximate surface area is 184 Å². The van der Waals surface area contributed by atoms with Crippen molar-refractivity contribution in [2.75, 3.05) is 6.61 Å². The highest BCUT2D eigenvalue weighted by atomic mass is 19.4. The van der Waals surface area contributed by atoms with Gasteiger partial charge in [-0.2, -0.15) is 13.2 Å². The first-order valence-electron chi connectivity index (χ1n) is 10.3. The molecule has 6 nitrogen and oxygen atoms in total. The number of esters is 1. The van der Waals surface area contributed by atoms with Gasteiger partial charge in [0.25, 0.3) is 0 Å². The van der Waals surface area contributed by atoms with E-state index in [0.29, 0.717) is 29.9 Å². The molecule has 174 valence electrons. The highest BCUT2D eigenvalue weighted by Gasteiger charge is 2.30. The summed E-state index contributed by atoms with van der Waals surface area (Å²) >= 11 is 0. The third kappa shape index (κ3) is 7.25. The molecule has 0 saturated heterocycles. The van der Waals surface area contributed by atoms with Gasteiger partial charge in [-0.15, -0.1) is 0 Å². The summed E-state index contributed by atoms with van der Waals surface area (Å²) in [6, 6.07) is 5.67. The molecular weight excluding hydrogens is 427 g/mol. The third-order valence-corrected chi connectivity index (χ3v) is 4.85. The van der Waals surface area contributed by atoms with Gasteiger partial charge >= 0.3 is 12.1 Å². The summed E-state index contributed by atoms with van der Waals surface area (Å²) in [5.74, 6) is -0.299. The van der Waals surface area contributed by atoms with E-state index in [1.165, 1.54) is 19.1 Å². The maximum atomic E-state index is 12.7. The van der Waals surface area contributed by atoms with Gasteiger partial charge in [0.15, 0.2) is 5.78 Å². The predicted octanol–water partition coefficient (Wildman–Crippen LogP) is 4.62. The number of nitrogens with one attached hydrogen (secondary N) is 1. The quantitative estimate of drug-likeness (QED) is 0.419. The monoisotopic (exact) mass is 453 g/mol. The highest BCUT2D eigenvalue weighted by Crippen LogP contribution is 2.32. The number of halogens is 3. The van der Waals surface area contributed by atoms with Gasteiger partial charge in [0.05, 0.1) is 18.2 Å². The topological polar surface area (TPSA) is 85.6 Å². The van der Waals surface area contributed by atoms with E-state index in [-0.39, 0.29) is 18.9 Å². The Morgan fingerprint density at radius 3 is 2.41 bits per heavy atom. The van der Waals surface area contributed by atoms with Gasteiger partial charge in [0.2, 0.25) is 5.91 Å². The first-order chi connectivity index (χ1) is 15.0. The second-order valence-electron chi connectivity index (χ2n) is 7.36. The first kappa shape index (κ1) is 25.2. The number of aryl methyl sites for hydroxylation is 2. The van der Waals surface area contributed by atoms with E-state index in [1.807, 2.05) is 0 Å². The van der Waals surface area contributed by atoms with Crippen LogP contribution in [-0.4, -0.2) is 30.3 Å². The Kier molecular flexibility index (Phi) is 8.63. The van der Waals surface area contributed by atoms with Crippen LogP contribution in [0.25, 0.3) is 11.3 Å². The molecule has 0 aliphatic carbocycles. The lowest BCUT2D eigenvalue weighted by atomic mass is 10.1. The Balaban J connectivity index is 1.86. The van der Waals surface area contributed by atoms with Gasteiger partial charge in [-0.25, -0.2) is 0 Å². The van der Waals surface area contributed by atoms with E-state index in [0.717, 1.165) is 17.7 Å². The van der Waals surface area contributed by atoms with Gasteiger partial charge in [-0.1, -0.05) is 12.1 Å². The van der Waals surface area contributed by atoms with E-state index < -0.39 is 36.0 Å². The fourth-order valence-electron chi connectivity index (χ4n) is 3.07. The Morgan fingerprint density at radius 2 is 1.81 bits per heavy atom. The summed E-state index contributed by atoms with van der Waals surface area (Å²) in [4.78, 5) is 35.4.